The zero-order valence-electron chi connectivity index (χ0n) is 20.4. The van der Waals surface area contributed by atoms with Crippen molar-refractivity contribution >= 4 is 34.1 Å². The van der Waals surface area contributed by atoms with E-state index in [1.54, 1.807) is 24.3 Å². The van der Waals surface area contributed by atoms with Crippen LogP contribution in [0.3, 0.4) is 0 Å². The van der Waals surface area contributed by atoms with Crippen LogP contribution in [-0.4, -0.2) is 13.2 Å². The summed E-state index contributed by atoms with van der Waals surface area (Å²) in [5.41, 5.74) is 15.7. The van der Waals surface area contributed by atoms with Crippen molar-refractivity contribution in [3.8, 4) is 11.5 Å². The smallest absolute Gasteiger partial charge is 0.119 e. The Hall–Kier alpha value is -4.72. The van der Waals surface area contributed by atoms with Crippen molar-refractivity contribution in [3.63, 3.8) is 0 Å². The van der Waals surface area contributed by atoms with Crippen LogP contribution >= 0.6 is 0 Å². The fourth-order valence-electron chi connectivity index (χ4n) is 2.86. The second-order valence-corrected chi connectivity index (χ2v) is 7.44. The molecule has 0 aliphatic carbocycles. The summed E-state index contributed by atoms with van der Waals surface area (Å²) in [6.45, 7) is 5.24. The first-order chi connectivity index (χ1) is 17.6. The van der Waals surface area contributed by atoms with Crippen LogP contribution in [0.15, 0.2) is 118 Å². The highest BCUT2D eigenvalue weighted by molar-refractivity contribution is 5.50. The van der Waals surface area contributed by atoms with Gasteiger partial charge in [-0.2, -0.15) is 20.5 Å². The van der Waals surface area contributed by atoms with Gasteiger partial charge >= 0.3 is 0 Å². The van der Waals surface area contributed by atoms with Crippen LogP contribution in [0.5, 0.6) is 11.5 Å². The molecule has 4 aromatic rings. The summed E-state index contributed by atoms with van der Waals surface area (Å²) in [6, 6.07) is 29.5. The predicted molar refractivity (Wildman–Crippen MR) is 145 cm³/mol. The highest BCUT2D eigenvalue weighted by Gasteiger charge is 1.95. The van der Waals surface area contributed by atoms with E-state index in [-0.39, 0.29) is 0 Å². The minimum atomic E-state index is 0.660. The van der Waals surface area contributed by atoms with Gasteiger partial charge in [0.1, 0.15) is 11.5 Å². The Bertz CT molecular complexity index is 1140. The highest BCUT2D eigenvalue weighted by Crippen LogP contribution is 2.23. The fraction of sp³-hybridized carbons (Fsp3) is 0.143. The maximum atomic E-state index is 5.56. The number of nitrogen functional groups attached to an aromatic ring is 2. The van der Waals surface area contributed by atoms with Gasteiger partial charge in [0.05, 0.1) is 36.0 Å². The molecule has 0 unspecified atom stereocenters. The van der Waals surface area contributed by atoms with E-state index >= 15 is 0 Å². The van der Waals surface area contributed by atoms with E-state index in [4.69, 9.17) is 20.9 Å². The molecule has 0 fully saturated rings. The molecule has 0 aromatic heterocycles. The number of nitrogens with zero attached hydrogens (tertiary/aromatic N) is 4. The first-order valence-corrected chi connectivity index (χ1v) is 11.6. The van der Waals surface area contributed by atoms with E-state index in [1.807, 2.05) is 86.6 Å². The van der Waals surface area contributed by atoms with Crippen LogP contribution in [0.2, 0.25) is 0 Å². The van der Waals surface area contributed by atoms with Gasteiger partial charge in [-0.05, 0) is 111 Å². The lowest BCUT2D eigenvalue weighted by atomic mass is 10.3. The van der Waals surface area contributed by atoms with Crippen LogP contribution < -0.4 is 20.9 Å². The molecule has 0 amide bonds. The summed E-state index contributed by atoms with van der Waals surface area (Å²) < 4.78 is 10.7. The van der Waals surface area contributed by atoms with Gasteiger partial charge in [-0.3, -0.25) is 0 Å². The van der Waals surface area contributed by atoms with Crippen molar-refractivity contribution < 1.29 is 9.47 Å². The Kier molecular flexibility index (Phi) is 9.97. The molecular formula is C28H30N6O2. The molecule has 36 heavy (non-hydrogen) atoms. The molecular weight excluding hydrogens is 452 g/mol. The lowest BCUT2D eigenvalue weighted by Crippen LogP contribution is -1.89. The van der Waals surface area contributed by atoms with Crippen molar-refractivity contribution in [1.82, 2.24) is 0 Å². The number of hydrogen-bond donors (Lipinski definition) is 2. The molecule has 0 saturated heterocycles. The molecule has 0 spiro atoms. The molecule has 4 rings (SSSR count). The van der Waals surface area contributed by atoms with Crippen molar-refractivity contribution in [3.05, 3.63) is 97.1 Å². The second-order valence-electron chi connectivity index (χ2n) is 7.44. The summed E-state index contributed by atoms with van der Waals surface area (Å²) >= 11 is 0. The summed E-state index contributed by atoms with van der Waals surface area (Å²) in [4.78, 5) is 0. The zero-order chi connectivity index (χ0) is 25.6. The first-order valence-electron chi connectivity index (χ1n) is 11.6. The van der Waals surface area contributed by atoms with Crippen LogP contribution in [0.4, 0.5) is 34.1 Å². The van der Waals surface area contributed by atoms with E-state index in [9.17, 15) is 0 Å². The van der Waals surface area contributed by atoms with Gasteiger partial charge in [0.2, 0.25) is 0 Å². The van der Waals surface area contributed by atoms with Crippen molar-refractivity contribution in [2.24, 2.45) is 20.5 Å². The Morgan fingerprint density at radius 2 is 0.694 bits per heavy atom. The lowest BCUT2D eigenvalue weighted by Gasteiger charge is -2.02. The Morgan fingerprint density at radius 1 is 0.444 bits per heavy atom. The van der Waals surface area contributed by atoms with Crippen LogP contribution in [-0.2, 0) is 0 Å². The molecule has 0 atom stereocenters. The summed E-state index contributed by atoms with van der Waals surface area (Å²) in [7, 11) is 0. The molecule has 0 heterocycles. The number of benzene rings is 4. The summed E-state index contributed by atoms with van der Waals surface area (Å²) in [6.07, 6.45) is 0. The molecule has 8 nitrogen and oxygen atoms in total. The molecule has 8 heteroatoms. The third-order valence-electron chi connectivity index (χ3n) is 4.64. The predicted octanol–water partition coefficient (Wildman–Crippen LogP) is 8.17. The van der Waals surface area contributed by atoms with Gasteiger partial charge in [-0.25, -0.2) is 0 Å². The van der Waals surface area contributed by atoms with Gasteiger partial charge in [-0.15, -0.1) is 0 Å². The number of nitrogens with two attached hydrogens (primary N) is 2. The SMILES string of the molecule is CCOc1ccc(N=Nc2ccc(OCC)cc2)cc1.Nc1ccc(N=Nc2ccc(N)cc2)cc1. The Morgan fingerprint density at radius 3 is 0.944 bits per heavy atom. The van der Waals surface area contributed by atoms with E-state index < -0.39 is 0 Å². The topological polar surface area (TPSA) is 120 Å². The Labute approximate surface area is 211 Å². The summed E-state index contributed by atoms with van der Waals surface area (Å²) in [5.74, 6) is 1.68. The van der Waals surface area contributed by atoms with Gasteiger partial charge in [-0.1, -0.05) is 0 Å². The molecule has 4 N–H and O–H groups in total. The first kappa shape index (κ1) is 25.9. The minimum absolute atomic E-state index is 0.660. The largest absolute Gasteiger partial charge is 0.494 e. The van der Waals surface area contributed by atoms with Crippen LogP contribution in [0, 0.1) is 0 Å². The highest BCUT2D eigenvalue weighted by atomic mass is 16.5. The summed E-state index contributed by atoms with van der Waals surface area (Å²) in [5, 5.41) is 16.5. The van der Waals surface area contributed by atoms with Crippen molar-refractivity contribution in [1.29, 1.82) is 0 Å². The lowest BCUT2D eigenvalue weighted by molar-refractivity contribution is 0.340. The quantitative estimate of drug-likeness (QED) is 0.194. The monoisotopic (exact) mass is 482 g/mol. The molecule has 0 aliphatic heterocycles. The number of hydrogen-bond acceptors (Lipinski definition) is 8. The van der Waals surface area contributed by atoms with E-state index in [1.165, 1.54) is 0 Å². The van der Waals surface area contributed by atoms with Gasteiger partial charge in [0, 0.05) is 11.4 Å². The van der Waals surface area contributed by atoms with E-state index in [0.717, 1.165) is 34.2 Å². The van der Waals surface area contributed by atoms with Crippen molar-refractivity contribution in [2.45, 2.75) is 13.8 Å². The zero-order valence-corrected chi connectivity index (χ0v) is 20.4. The van der Waals surface area contributed by atoms with Gasteiger partial charge in [0.15, 0.2) is 0 Å². The maximum absolute atomic E-state index is 5.56. The maximum Gasteiger partial charge on any atom is 0.119 e. The average Bonchev–Trinajstić information content (AvgIpc) is 2.90. The fourth-order valence-corrected chi connectivity index (χ4v) is 2.86. The van der Waals surface area contributed by atoms with Gasteiger partial charge in [0.25, 0.3) is 0 Å². The molecule has 0 saturated carbocycles. The normalized spacial score (nSPS) is 10.7. The van der Waals surface area contributed by atoms with Crippen LogP contribution in [0.25, 0.3) is 0 Å². The van der Waals surface area contributed by atoms with Crippen LogP contribution in [0.1, 0.15) is 13.8 Å². The number of azo groups is 2. The molecule has 4 aromatic carbocycles. The van der Waals surface area contributed by atoms with Crippen molar-refractivity contribution in [2.75, 3.05) is 24.7 Å². The molecule has 0 aliphatic rings. The number of anilines is 2. The number of ether oxygens (including phenoxy) is 2. The standard InChI is InChI=1S/C16H18N2O2.C12H12N4/c1-3-19-15-9-5-13(6-10-15)17-18-14-7-11-16(12-8-14)20-4-2;13-9-1-5-11(6-2-9)15-16-12-7-3-10(14)4-8-12/h5-12H,3-4H2,1-2H3;1-8H,13-14H2. The molecule has 184 valence electrons. The van der Waals surface area contributed by atoms with E-state index in [0.29, 0.717) is 24.6 Å². The molecule has 0 radical (unpaired) electrons. The van der Waals surface area contributed by atoms with E-state index in [2.05, 4.69) is 20.5 Å². The van der Waals surface area contributed by atoms with Gasteiger partial charge < -0.3 is 20.9 Å². The second kappa shape index (κ2) is 13.9. The minimum Gasteiger partial charge on any atom is -0.494 e. The number of rotatable bonds is 8. The Balaban J connectivity index is 0.000000205. The third kappa shape index (κ3) is 8.90. The third-order valence-corrected chi connectivity index (χ3v) is 4.64. The average molecular weight is 483 g/mol. The molecule has 0 bridgehead atoms.